The van der Waals surface area contributed by atoms with E-state index in [1.54, 1.807) is 22.8 Å². The maximum absolute atomic E-state index is 14.5. The third-order valence-electron chi connectivity index (χ3n) is 4.64. The normalized spacial score (nSPS) is 13.1. The van der Waals surface area contributed by atoms with Gasteiger partial charge >= 0.3 is 0 Å². The Morgan fingerprint density at radius 1 is 1.17 bits per heavy atom. The summed E-state index contributed by atoms with van der Waals surface area (Å²) in [5.41, 5.74) is 0.990. The molecule has 0 atom stereocenters. The van der Waals surface area contributed by atoms with Crippen LogP contribution in [0.1, 0.15) is 36.1 Å². The highest BCUT2D eigenvalue weighted by Gasteiger charge is 2.26. The predicted octanol–water partition coefficient (Wildman–Crippen LogP) is 4.15. The van der Waals surface area contributed by atoms with Crippen LogP contribution in [0.2, 0.25) is 5.02 Å². The van der Waals surface area contributed by atoms with E-state index in [4.69, 9.17) is 11.6 Å². The van der Waals surface area contributed by atoms with Gasteiger partial charge in [0.1, 0.15) is 18.2 Å². The first-order valence-electron chi connectivity index (χ1n) is 9.15. The van der Waals surface area contributed by atoms with Crippen molar-refractivity contribution < 1.29 is 14.0 Å². The molecule has 0 spiro atoms. The van der Waals surface area contributed by atoms with Crippen molar-refractivity contribution >= 4 is 17.3 Å². The molecule has 0 radical (unpaired) electrons. The molecular weight excluding hydrogens is 400 g/mol. The lowest BCUT2D eigenvalue weighted by atomic mass is 9.99. The molecule has 4 rings (SSSR count). The number of rotatable bonds is 5. The first kappa shape index (κ1) is 19.6. The van der Waals surface area contributed by atoms with Crippen molar-refractivity contribution in [2.24, 2.45) is 4.99 Å². The van der Waals surface area contributed by atoms with Crippen LogP contribution in [0.15, 0.2) is 41.4 Å². The van der Waals surface area contributed by atoms with Crippen molar-refractivity contribution in [1.82, 2.24) is 19.8 Å². The van der Waals surface area contributed by atoms with E-state index in [1.807, 2.05) is 6.92 Å². The minimum Gasteiger partial charge on any atom is -0.314 e. The smallest absolute Gasteiger partial charge is 0.159 e. The third kappa shape index (κ3) is 3.66. The van der Waals surface area contributed by atoms with Crippen LogP contribution >= 0.6 is 11.6 Å². The topological polar surface area (TPSA) is 66.5 Å². The van der Waals surface area contributed by atoms with Gasteiger partial charge in [-0.15, -0.1) is 10.2 Å². The summed E-state index contributed by atoms with van der Waals surface area (Å²) in [6.07, 6.45) is 0.767. The van der Waals surface area contributed by atoms with E-state index < -0.39 is 11.6 Å². The Bertz CT molecular complexity index is 1080. The van der Waals surface area contributed by atoms with Crippen molar-refractivity contribution in [2.75, 3.05) is 6.54 Å². The van der Waals surface area contributed by atoms with Crippen LogP contribution in [-0.4, -0.2) is 37.3 Å². The Morgan fingerprint density at radius 2 is 1.93 bits per heavy atom. The molecule has 2 heterocycles. The molecule has 0 saturated carbocycles. The Labute approximate surface area is 171 Å². The molecule has 9 heteroatoms. The Hall–Kier alpha value is -2.68. The summed E-state index contributed by atoms with van der Waals surface area (Å²) in [7, 11) is 0. The summed E-state index contributed by atoms with van der Waals surface area (Å²) in [5.74, 6) is -0.431. The fourth-order valence-corrected chi connectivity index (χ4v) is 3.57. The average Bonchev–Trinajstić information content (AvgIpc) is 2.99. The molecule has 0 bridgehead atoms. The van der Waals surface area contributed by atoms with E-state index in [1.165, 1.54) is 18.2 Å². The number of hydrogen-bond donors (Lipinski definition) is 1. The summed E-state index contributed by atoms with van der Waals surface area (Å²) in [6.45, 7) is 2.64. The van der Waals surface area contributed by atoms with E-state index in [0.29, 0.717) is 34.5 Å². The molecule has 3 aromatic rings. The lowest BCUT2D eigenvalue weighted by molar-refractivity contribution is -0.101. The van der Waals surface area contributed by atoms with E-state index in [-0.39, 0.29) is 24.4 Å². The molecule has 1 aromatic heterocycles. The minimum absolute atomic E-state index is 0.0710. The fourth-order valence-electron chi connectivity index (χ4n) is 3.40. The van der Waals surface area contributed by atoms with Gasteiger partial charge in [-0.3, -0.25) is 9.56 Å². The minimum atomic E-state index is -0.711. The van der Waals surface area contributed by atoms with Crippen LogP contribution in [0.3, 0.4) is 0 Å². The zero-order valence-corrected chi connectivity index (χ0v) is 16.4. The molecule has 1 aliphatic rings. The molecule has 0 aliphatic carbocycles. The molecule has 6 nitrogen and oxygen atoms in total. The highest BCUT2D eigenvalue weighted by Crippen LogP contribution is 2.30. The quantitative estimate of drug-likeness (QED) is 0.633. The second kappa shape index (κ2) is 7.98. The van der Waals surface area contributed by atoms with Crippen molar-refractivity contribution in [2.45, 2.75) is 26.4 Å². The van der Waals surface area contributed by atoms with Crippen LogP contribution in [0, 0.1) is 11.6 Å². The maximum atomic E-state index is 14.5. The Kier molecular flexibility index (Phi) is 5.40. The highest BCUT2D eigenvalue weighted by atomic mass is 35.5. The number of aromatic nitrogens is 3. The second-order valence-corrected chi connectivity index (χ2v) is 7.12. The van der Waals surface area contributed by atoms with Gasteiger partial charge in [-0.05, 0) is 36.8 Å². The standard InChI is InChI=1S/C20H18ClF2N5O/c1-2-8-27(29)11-18-26-25-17-10-24-20(19-14(22)4-3-5-15(19)23)13-9-12(21)6-7-16(13)28(17)18/h3-7,9,29H,2,8,10-11H2,1H3. The number of halogens is 3. The van der Waals surface area contributed by atoms with Gasteiger partial charge in [0, 0.05) is 17.1 Å². The largest absolute Gasteiger partial charge is 0.314 e. The molecule has 0 saturated heterocycles. The summed E-state index contributed by atoms with van der Waals surface area (Å²) in [6, 6.07) is 8.71. The van der Waals surface area contributed by atoms with E-state index in [0.717, 1.165) is 11.5 Å². The Balaban J connectivity index is 1.89. The second-order valence-electron chi connectivity index (χ2n) is 6.68. The van der Waals surface area contributed by atoms with Crippen LogP contribution in [0.25, 0.3) is 5.69 Å². The third-order valence-corrected chi connectivity index (χ3v) is 4.87. The van der Waals surface area contributed by atoms with Crippen LogP contribution in [0.4, 0.5) is 8.78 Å². The van der Waals surface area contributed by atoms with E-state index in [2.05, 4.69) is 15.2 Å². The Morgan fingerprint density at radius 3 is 2.66 bits per heavy atom. The highest BCUT2D eigenvalue weighted by molar-refractivity contribution is 6.31. The lowest BCUT2D eigenvalue weighted by Crippen LogP contribution is -2.22. The van der Waals surface area contributed by atoms with Crippen molar-refractivity contribution in [3.05, 3.63) is 75.8 Å². The summed E-state index contributed by atoms with van der Waals surface area (Å²) in [5, 5.41) is 20.0. The number of nitrogens with zero attached hydrogens (tertiary/aromatic N) is 5. The number of benzene rings is 2. The van der Waals surface area contributed by atoms with Crippen LogP contribution < -0.4 is 0 Å². The molecule has 0 fully saturated rings. The fraction of sp³-hybridized carbons (Fsp3) is 0.250. The molecule has 0 amide bonds. The first-order valence-corrected chi connectivity index (χ1v) is 9.53. The van der Waals surface area contributed by atoms with Gasteiger partial charge in [-0.1, -0.05) is 24.6 Å². The molecule has 2 aromatic carbocycles. The predicted molar refractivity (Wildman–Crippen MR) is 105 cm³/mol. The number of hydrogen-bond acceptors (Lipinski definition) is 5. The first-order chi connectivity index (χ1) is 14.0. The molecule has 0 unspecified atom stereocenters. The van der Waals surface area contributed by atoms with Crippen LogP contribution in [0.5, 0.6) is 0 Å². The molecule has 29 heavy (non-hydrogen) atoms. The monoisotopic (exact) mass is 417 g/mol. The number of hydroxylamine groups is 2. The van der Waals surface area contributed by atoms with Crippen molar-refractivity contribution in [3.8, 4) is 5.69 Å². The van der Waals surface area contributed by atoms with E-state index in [9.17, 15) is 14.0 Å². The zero-order chi connectivity index (χ0) is 20.5. The molecule has 1 aliphatic heterocycles. The SMILES string of the molecule is CCCN(O)Cc1nnc2n1-c1ccc(Cl)cc1C(c1c(F)cccc1F)=NC2. The van der Waals surface area contributed by atoms with Gasteiger partial charge in [0.2, 0.25) is 0 Å². The van der Waals surface area contributed by atoms with Crippen molar-refractivity contribution in [3.63, 3.8) is 0 Å². The summed E-state index contributed by atoms with van der Waals surface area (Å²) in [4.78, 5) is 4.45. The van der Waals surface area contributed by atoms with Crippen LogP contribution in [-0.2, 0) is 13.1 Å². The zero-order valence-electron chi connectivity index (χ0n) is 15.6. The lowest BCUT2D eigenvalue weighted by Gasteiger charge is -2.17. The van der Waals surface area contributed by atoms with Gasteiger partial charge in [-0.2, -0.15) is 5.06 Å². The average molecular weight is 418 g/mol. The molecular formula is C20H18ClF2N5O. The van der Waals surface area contributed by atoms with Crippen molar-refractivity contribution in [1.29, 1.82) is 0 Å². The van der Waals surface area contributed by atoms with E-state index >= 15 is 0 Å². The van der Waals surface area contributed by atoms with Gasteiger partial charge in [0.05, 0.1) is 23.5 Å². The van der Waals surface area contributed by atoms with Gasteiger partial charge < -0.3 is 5.21 Å². The molecule has 150 valence electrons. The van der Waals surface area contributed by atoms with Gasteiger partial charge in [0.25, 0.3) is 0 Å². The maximum Gasteiger partial charge on any atom is 0.159 e. The number of fused-ring (bicyclic) bond motifs is 3. The van der Waals surface area contributed by atoms with Gasteiger partial charge in [0.15, 0.2) is 11.6 Å². The summed E-state index contributed by atoms with van der Waals surface area (Å²) < 4.78 is 30.8. The molecule has 1 N–H and O–H groups in total. The summed E-state index contributed by atoms with van der Waals surface area (Å²) >= 11 is 6.20. The van der Waals surface area contributed by atoms with Gasteiger partial charge in [-0.25, -0.2) is 8.78 Å². The number of aliphatic imine (C=N–C) groups is 1.